The molecule has 0 bridgehead atoms. The van der Waals surface area contributed by atoms with E-state index in [0.717, 1.165) is 61.5 Å². The molecule has 2 aliphatic heterocycles. The van der Waals surface area contributed by atoms with E-state index in [9.17, 15) is 13.6 Å². The van der Waals surface area contributed by atoms with Crippen molar-refractivity contribution in [2.75, 3.05) is 37.6 Å². The summed E-state index contributed by atoms with van der Waals surface area (Å²) < 4.78 is 26.4. The molecule has 0 saturated carbocycles. The zero-order valence-corrected chi connectivity index (χ0v) is 19.1. The summed E-state index contributed by atoms with van der Waals surface area (Å²) in [5.74, 6) is 0.767. The average molecular weight is 465 g/mol. The molecule has 11 heteroatoms. The van der Waals surface area contributed by atoms with Crippen LogP contribution in [0.4, 0.5) is 14.6 Å². The van der Waals surface area contributed by atoms with Crippen LogP contribution in [-0.4, -0.2) is 76.6 Å². The Kier molecular flexibility index (Phi) is 7.40. The summed E-state index contributed by atoms with van der Waals surface area (Å²) >= 11 is 0. The summed E-state index contributed by atoms with van der Waals surface area (Å²) in [5, 5.41) is 7.38. The monoisotopic (exact) mass is 464 g/mol. The number of nitrogens with two attached hydrogens (primary N) is 2. The normalized spacial score (nSPS) is 22.5. The number of hydrogen-bond donors (Lipinski definition) is 3. The van der Waals surface area contributed by atoms with Crippen molar-refractivity contribution in [3.63, 3.8) is 0 Å². The predicted octanol–water partition coefficient (Wildman–Crippen LogP) is 1.20. The minimum absolute atomic E-state index is 0.161. The third-order valence-corrected chi connectivity index (χ3v) is 6.52. The number of anilines is 1. The van der Waals surface area contributed by atoms with Gasteiger partial charge in [-0.05, 0) is 45.6 Å². The first-order valence-electron chi connectivity index (χ1n) is 11.8. The molecular formula is C22H34F2N8O. The zero-order valence-electron chi connectivity index (χ0n) is 19.1. The Hall–Kier alpha value is -2.37. The molecule has 2 fully saturated rings. The number of amides is 1. The summed E-state index contributed by atoms with van der Waals surface area (Å²) in [5.41, 5.74) is 14.8. The largest absolute Gasteiger partial charge is 0.355 e. The second-order valence-electron chi connectivity index (χ2n) is 9.15. The number of carbonyl (C=O) groups is 1. The number of aryl methyl sites for hydroxylation is 1. The molecule has 2 aliphatic rings. The number of nitrogens with one attached hydrogen (secondary N) is 1. The molecular weight excluding hydrogens is 430 g/mol. The highest BCUT2D eigenvalue weighted by Gasteiger charge is 2.33. The molecule has 9 nitrogen and oxygen atoms in total. The van der Waals surface area contributed by atoms with Crippen molar-refractivity contribution in [3.8, 4) is 0 Å². The van der Waals surface area contributed by atoms with Gasteiger partial charge in [-0.3, -0.25) is 4.79 Å². The Bertz CT molecular complexity index is 967. The molecule has 1 unspecified atom stereocenters. The Morgan fingerprint density at radius 1 is 1.30 bits per heavy atom. The fraction of sp³-hybridized carbons (Fsp3) is 0.682. The molecule has 0 radical (unpaired) electrons. The van der Waals surface area contributed by atoms with Gasteiger partial charge in [-0.25, -0.2) is 18.3 Å². The van der Waals surface area contributed by atoms with Crippen molar-refractivity contribution in [3.05, 3.63) is 23.5 Å². The first-order valence-corrected chi connectivity index (χ1v) is 11.8. The van der Waals surface area contributed by atoms with Crippen LogP contribution in [-0.2, 0) is 4.79 Å². The van der Waals surface area contributed by atoms with Crippen LogP contribution < -0.4 is 21.7 Å². The number of hydrogen-bond acceptors (Lipinski definition) is 7. The van der Waals surface area contributed by atoms with Crippen molar-refractivity contribution in [2.45, 2.75) is 63.6 Å². The standard InChI is InChI=1S/C22H34F2N8O/c1-14-12-32-20(28-21(14)30-9-6-15(25)13-30)10-17(29-32)18-4-2-3-8-31(18)22(33)16(26)5-7-27-11-19(23)24/h10,12,15-16,18-19,27H,2-9,11,13,25-26H2,1H3/t15-,16?,18-/m0/s1. The highest BCUT2D eigenvalue weighted by atomic mass is 19.3. The Labute approximate surface area is 192 Å². The smallest absolute Gasteiger partial charge is 0.250 e. The molecule has 2 aromatic heterocycles. The van der Waals surface area contributed by atoms with Gasteiger partial charge >= 0.3 is 0 Å². The van der Waals surface area contributed by atoms with Crippen LogP contribution in [0.2, 0.25) is 0 Å². The highest BCUT2D eigenvalue weighted by Crippen LogP contribution is 2.32. The Balaban J connectivity index is 1.50. The van der Waals surface area contributed by atoms with Gasteiger partial charge in [-0.15, -0.1) is 0 Å². The first-order chi connectivity index (χ1) is 15.8. The zero-order chi connectivity index (χ0) is 23.5. The Morgan fingerprint density at radius 3 is 2.85 bits per heavy atom. The van der Waals surface area contributed by atoms with E-state index in [1.165, 1.54) is 0 Å². The quantitative estimate of drug-likeness (QED) is 0.503. The van der Waals surface area contributed by atoms with Crippen LogP contribution >= 0.6 is 0 Å². The lowest BCUT2D eigenvalue weighted by molar-refractivity contribution is -0.136. The maximum atomic E-state index is 13.1. The molecule has 4 rings (SSSR count). The van der Waals surface area contributed by atoms with Gasteiger partial charge in [0.2, 0.25) is 5.91 Å². The average Bonchev–Trinajstić information content (AvgIpc) is 3.41. The molecule has 5 N–H and O–H groups in total. The fourth-order valence-corrected chi connectivity index (χ4v) is 4.79. The number of likely N-dealkylation sites (tertiary alicyclic amines) is 1. The van der Waals surface area contributed by atoms with Crippen LogP contribution in [0.1, 0.15) is 49.4 Å². The lowest BCUT2D eigenvalue weighted by atomic mass is 9.98. The number of piperidine rings is 1. The number of fused-ring (bicyclic) bond motifs is 1. The molecule has 33 heavy (non-hydrogen) atoms. The van der Waals surface area contributed by atoms with Gasteiger partial charge in [0.15, 0.2) is 5.65 Å². The highest BCUT2D eigenvalue weighted by molar-refractivity contribution is 5.82. The fourth-order valence-electron chi connectivity index (χ4n) is 4.79. The third kappa shape index (κ3) is 5.42. The van der Waals surface area contributed by atoms with Crippen LogP contribution in [0, 0.1) is 6.92 Å². The molecule has 0 aromatic carbocycles. The van der Waals surface area contributed by atoms with E-state index < -0.39 is 19.0 Å². The van der Waals surface area contributed by atoms with Gasteiger partial charge in [0.25, 0.3) is 6.43 Å². The van der Waals surface area contributed by atoms with Crippen molar-refractivity contribution >= 4 is 17.4 Å². The molecule has 4 heterocycles. The SMILES string of the molecule is Cc1cn2nc([C@@H]3CCCCN3C(=O)C(N)CCNCC(F)F)cc2nc1N1CC[C@H](N)C1. The minimum Gasteiger partial charge on any atom is -0.355 e. The van der Waals surface area contributed by atoms with Crippen LogP contribution in [0.3, 0.4) is 0 Å². The van der Waals surface area contributed by atoms with E-state index in [1.54, 1.807) is 9.42 Å². The van der Waals surface area contributed by atoms with Gasteiger partial charge in [0.1, 0.15) is 5.82 Å². The number of nitrogens with zero attached hydrogens (tertiary/aromatic N) is 5. The summed E-state index contributed by atoms with van der Waals surface area (Å²) in [4.78, 5) is 22.0. The maximum Gasteiger partial charge on any atom is 0.250 e. The van der Waals surface area contributed by atoms with Crippen LogP contribution in [0.15, 0.2) is 12.3 Å². The number of alkyl halides is 2. The van der Waals surface area contributed by atoms with Crippen LogP contribution in [0.25, 0.3) is 5.65 Å². The summed E-state index contributed by atoms with van der Waals surface area (Å²) in [6, 6.07) is 1.21. The van der Waals surface area contributed by atoms with Crippen molar-refractivity contribution in [1.82, 2.24) is 24.8 Å². The van der Waals surface area contributed by atoms with E-state index in [2.05, 4.69) is 10.2 Å². The molecule has 0 aliphatic carbocycles. The van der Waals surface area contributed by atoms with E-state index in [-0.39, 0.29) is 24.5 Å². The number of carbonyl (C=O) groups excluding carboxylic acids is 1. The predicted molar refractivity (Wildman–Crippen MR) is 122 cm³/mol. The summed E-state index contributed by atoms with van der Waals surface area (Å²) in [6.07, 6.45) is 3.52. The van der Waals surface area contributed by atoms with E-state index in [0.29, 0.717) is 13.0 Å². The molecule has 2 saturated heterocycles. The van der Waals surface area contributed by atoms with Crippen molar-refractivity contribution in [2.24, 2.45) is 11.5 Å². The first kappa shape index (κ1) is 23.8. The molecule has 182 valence electrons. The van der Waals surface area contributed by atoms with E-state index >= 15 is 0 Å². The summed E-state index contributed by atoms with van der Waals surface area (Å²) in [7, 11) is 0. The number of rotatable bonds is 8. The lowest BCUT2D eigenvalue weighted by Crippen LogP contribution is -2.48. The minimum atomic E-state index is -2.42. The number of aromatic nitrogens is 3. The van der Waals surface area contributed by atoms with Crippen molar-refractivity contribution < 1.29 is 13.6 Å². The van der Waals surface area contributed by atoms with E-state index in [1.807, 2.05) is 19.2 Å². The lowest BCUT2D eigenvalue weighted by Gasteiger charge is -2.36. The number of halogens is 2. The second kappa shape index (κ2) is 10.3. The van der Waals surface area contributed by atoms with Gasteiger partial charge in [-0.1, -0.05) is 0 Å². The third-order valence-electron chi connectivity index (χ3n) is 6.52. The maximum absolute atomic E-state index is 13.1. The molecule has 0 spiro atoms. The molecule has 3 atom stereocenters. The van der Waals surface area contributed by atoms with Gasteiger partial charge in [0.05, 0.1) is 24.3 Å². The summed E-state index contributed by atoms with van der Waals surface area (Å²) in [6.45, 7) is 4.19. The topological polar surface area (TPSA) is 118 Å². The van der Waals surface area contributed by atoms with Crippen molar-refractivity contribution in [1.29, 1.82) is 0 Å². The Morgan fingerprint density at radius 2 is 2.12 bits per heavy atom. The molecule has 2 aromatic rings. The second-order valence-corrected chi connectivity index (χ2v) is 9.15. The van der Waals surface area contributed by atoms with Gasteiger partial charge in [0, 0.05) is 43.5 Å². The van der Waals surface area contributed by atoms with Gasteiger partial charge in [-0.2, -0.15) is 5.10 Å². The molecule has 1 amide bonds. The van der Waals surface area contributed by atoms with Gasteiger partial charge < -0.3 is 26.6 Å². The van der Waals surface area contributed by atoms with Crippen LogP contribution in [0.5, 0.6) is 0 Å². The van der Waals surface area contributed by atoms with E-state index in [4.69, 9.17) is 21.5 Å².